The number of ketones is 1. The predicted molar refractivity (Wildman–Crippen MR) is 145 cm³/mol. The van der Waals surface area contributed by atoms with Gasteiger partial charge in [-0.1, -0.05) is 33.8 Å². The molecule has 2 aliphatic heterocycles. The van der Waals surface area contributed by atoms with Gasteiger partial charge in [-0.3, -0.25) is 9.59 Å². The van der Waals surface area contributed by atoms with E-state index in [0.717, 1.165) is 5.56 Å². The van der Waals surface area contributed by atoms with Crippen molar-refractivity contribution in [1.82, 2.24) is 0 Å². The van der Waals surface area contributed by atoms with Crippen LogP contribution in [0.4, 0.5) is 0 Å². The number of epoxide rings is 1. The molecule has 6 rings (SSSR count). The molecular formula is C32H40O10. The van der Waals surface area contributed by atoms with Gasteiger partial charge in [0.2, 0.25) is 0 Å². The number of fused-ring (bicyclic) bond motifs is 5. The Bertz CT molecular complexity index is 1360. The van der Waals surface area contributed by atoms with E-state index in [9.17, 15) is 24.3 Å². The van der Waals surface area contributed by atoms with E-state index < -0.39 is 76.0 Å². The fourth-order valence-electron chi connectivity index (χ4n) is 9.83. The van der Waals surface area contributed by atoms with E-state index in [1.807, 2.05) is 20.8 Å². The highest BCUT2D eigenvalue weighted by Gasteiger charge is 2.86. The van der Waals surface area contributed by atoms with E-state index in [1.165, 1.54) is 7.11 Å². The van der Waals surface area contributed by atoms with Crippen molar-refractivity contribution in [3.8, 4) is 0 Å². The van der Waals surface area contributed by atoms with Crippen molar-refractivity contribution in [3.63, 3.8) is 0 Å². The van der Waals surface area contributed by atoms with E-state index in [1.54, 1.807) is 38.5 Å². The Morgan fingerprint density at radius 1 is 1.17 bits per heavy atom. The lowest BCUT2D eigenvalue weighted by Gasteiger charge is -2.65. The monoisotopic (exact) mass is 584 g/mol. The molecule has 42 heavy (non-hydrogen) atoms. The summed E-state index contributed by atoms with van der Waals surface area (Å²) in [5.41, 5.74) is -2.56. The molecule has 1 aromatic heterocycles. The Morgan fingerprint density at radius 3 is 2.50 bits per heavy atom. The number of carbonyl (C=O) groups excluding carboxylic acids is 4. The van der Waals surface area contributed by atoms with E-state index in [4.69, 9.17) is 23.4 Å². The average Bonchev–Trinajstić information content (AvgIpc) is 3.40. The molecule has 5 unspecified atom stereocenters. The van der Waals surface area contributed by atoms with E-state index in [-0.39, 0.29) is 24.1 Å². The number of furan rings is 1. The molecule has 228 valence electrons. The second kappa shape index (κ2) is 9.26. The fraction of sp³-hybridized carbons (Fsp3) is 0.688. The number of Topliss-reactive ketones (excluding diaryl/α,β-unsaturated/α-hetero) is 1. The van der Waals surface area contributed by atoms with Crippen molar-refractivity contribution in [2.45, 2.75) is 90.8 Å². The van der Waals surface area contributed by atoms with E-state index >= 15 is 0 Å². The molecule has 1 aromatic rings. The summed E-state index contributed by atoms with van der Waals surface area (Å²) >= 11 is 0. The second-order valence-electron chi connectivity index (χ2n) is 13.9. The van der Waals surface area contributed by atoms with E-state index in [2.05, 4.69) is 6.92 Å². The third kappa shape index (κ3) is 3.51. The minimum Gasteiger partial charge on any atom is -0.472 e. The number of methoxy groups -OCH3 is 1. The van der Waals surface area contributed by atoms with Crippen molar-refractivity contribution < 1.29 is 47.6 Å². The molecule has 10 heteroatoms. The Hall–Kier alpha value is -2.98. The minimum atomic E-state index is -1.65. The second-order valence-corrected chi connectivity index (χ2v) is 13.9. The number of cyclic esters (lactones) is 1. The summed E-state index contributed by atoms with van der Waals surface area (Å²) in [4.78, 5) is 53.9. The van der Waals surface area contributed by atoms with Crippen LogP contribution in [0.25, 0.3) is 0 Å². The number of hydrogen-bond acceptors (Lipinski definition) is 10. The summed E-state index contributed by atoms with van der Waals surface area (Å²) in [6.07, 6.45) is 2.23. The van der Waals surface area contributed by atoms with Crippen molar-refractivity contribution in [2.75, 3.05) is 7.11 Å². The van der Waals surface area contributed by atoms with Gasteiger partial charge in [-0.15, -0.1) is 0 Å². The zero-order valence-electron chi connectivity index (χ0n) is 25.2. The minimum absolute atomic E-state index is 0.102. The SMILES string of the molecule is C/C=C(\C)C(=O)O[C@@H]1C2C(=O)[C@](C)(C(C(O)C(=O)OC)C1(C)C)C1CC[C@]3(C)C(CC(=O)O[C@H]3c3ccoc3)[C@]13O[C@H]23. The van der Waals surface area contributed by atoms with Gasteiger partial charge < -0.3 is 28.5 Å². The molecule has 10 nitrogen and oxygen atoms in total. The highest BCUT2D eigenvalue weighted by molar-refractivity contribution is 5.94. The quantitative estimate of drug-likeness (QED) is 0.236. The Kier molecular flexibility index (Phi) is 6.42. The number of allylic oxidation sites excluding steroid dienone is 1. The molecule has 3 aliphatic carbocycles. The molecule has 0 aromatic carbocycles. The molecule has 1 spiro atoms. The molecule has 11 atom stereocenters. The number of hydrogen-bond donors (Lipinski definition) is 1. The zero-order chi connectivity index (χ0) is 30.6. The van der Waals surface area contributed by atoms with Crippen LogP contribution in [-0.2, 0) is 38.1 Å². The molecule has 5 aliphatic rings. The summed E-state index contributed by atoms with van der Waals surface area (Å²) in [5, 5.41) is 11.6. The Balaban J connectivity index is 1.52. The van der Waals surface area contributed by atoms with Crippen molar-refractivity contribution >= 4 is 23.7 Å². The molecular weight excluding hydrogens is 544 g/mol. The number of aliphatic hydroxyl groups excluding tert-OH is 1. The molecule has 2 saturated heterocycles. The van der Waals surface area contributed by atoms with Gasteiger partial charge in [0.15, 0.2) is 6.10 Å². The molecule has 1 N–H and O–H groups in total. The van der Waals surface area contributed by atoms with Gasteiger partial charge in [0, 0.05) is 45.1 Å². The van der Waals surface area contributed by atoms with Crippen LogP contribution in [0.3, 0.4) is 0 Å². The maximum atomic E-state index is 14.7. The number of ether oxygens (including phenoxy) is 4. The number of esters is 3. The molecule has 0 radical (unpaired) electrons. The largest absolute Gasteiger partial charge is 0.472 e. The lowest BCUT2D eigenvalue weighted by atomic mass is 9.37. The van der Waals surface area contributed by atoms with Crippen LogP contribution in [0.1, 0.15) is 72.5 Å². The van der Waals surface area contributed by atoms with Crippen molar-refractivity contribution in [1.29, 1.82) is 0 Å². The lowest BCUT2D eigenvalue weighted by molar-refractivity contribution is -0.231. The maximum absolute atomic E-state index is 14.7. The van der Waals surface area contributed by atoms with Crippen LogP contribution >= 0.6 is 0 Å². The van der Waals surface area contributed by atoms with Gasteiger partial charge in [0.1, 0.15) is 29.7 Å². The lowest BCUT2D eigenvalue weighted by Crippen LogP contribution is -2.74. The fourth-order valence-corrected chi connectivity index (χ4v) is 9.83. The zero-order valence-corrected chi connectivity index (χ0v) is 25.2. The molecule has 2 bridgehead atoms. The molecule has 3 heterocycles. The van der Waals surface area contributed by atoms with E-state index in [0.29, 0.717) is 18.4 Å². The molecule has 3 saturated carbocycles. The molecule has 0 amide bonds. The summed E-state index contributed by atoms with van der Waals surface area (Å²) in [5.74, 6) is -4.51. The van der Waals surface area contributed by atoms with Gasteiger partial charge in [-0.25, -0.2) is 9.59 Å². The third-order valence-electron chi connectivity index (χ3n) is 11.8. The van der Waals surface area contributed by atoms with Crippen LogP contribution in [-0.4, -0.2) is 59.8 Å². The first-order chi connectivity index (χ1) is 19.7. The predicted octanol–water partition coefficient (Wildman–Crippen LogP) is 3.71. The first-order valence-electron chi connectivity index (χ1n) is 14.7. The van der Waals surface area contributed by atoms with Crippen LogP contribution < -0.4 is 0 Å². The summed E-state index contributed by atoms with van der Waals surface area (Å²) < 4.78 is 29.1. The third-order valence-corrected chi connectivity index (χ3v) is 11.8. The molecule has 5 fully saturated rings. The van der Waals surface area contributed by atoms with Crippen LogP contribution in [0, 0.1) is 39.9 Å². The van der Waals surface area contributed by atoms with Crippen molar-refractivity contribution in [3.05, 3.63) is 35.8 Å². The highest BCUT2D eigenvalue weighted by atomic mass is 16.6. The van der Waals surface area contributed by atoms with Crippen LogP contribution in [0.5, 0.6) is 0 Å². The standard InChI is InChI=1S/C32H40O10/c1-8-15(2)27(36)41-25-20-23(35)31(6,22(29(25,3)4)21(34)28(37)38-7)17-9-11-30(5)18(32(17)26(20)42-32)13-19(33)40-24(30)16-10-12-39-14-16/h8,10,12,14,17-18,20-22,24-26,34H,9,11,13H2,1-7H3/b15-8+/t17?,18?,20?,21?,22?,24-,25+,26+,30+,31-,32+/m0/s1. The average molecular weight is 585 g/mol. The summed E-state index contributed by atoms with van der Waals surface area (Å²) in [6.45, 7) is 10.9. The van der Waals surface area contributed by atoms with Gasteiger partial charge in [-0.2, -0.15) is 0 Å². The van der Waals surface area contributed by atoms with Crippen LogP contribution in [0.2, 0.25) is 0 Å². The summed E-state index contributed by atoms with van der Waals surface area (Å²) in [6, 6.07) is 1.80. The topological polar surface area (TPSA) is 142 Å². The van der Waals surface area contributed by atoms with Gasteiger partial charge in [0.05, 0.1) is 32.0 Å². The number of aliphatic hydroxyl groups is 1. The summed E-state index contributed by atoms with van der Waals surface area (Å²) in [7, 11) is 1.19. The highest BCUT2D eigenvalue weighted by Crippen LogP contribution is 2.77. The first-order valence-corrected chi connectivity index (χ1v) is 14.7. The van der Waals surface area contributed by atoms with Crippen LogP contribution in [0.15, 0.2) is 34.7 Å². The Labute approximate surface area is 245 Å². The Morgan fingerprint density at radius 2 is 1.88 bits per heavy atom. The number of carbonyl (C=O) groups is 4. The normalized spacial score (nSPS) is 44.1. The van der Waals surface area contributed by atoms with Gasteiger partial charge in [-0.05, 0) is 32.8 Å². The number of rotatable bonds is 5. The maximum Gasteiger partial charge on any atom is 0.335 e. The van der Waals surface area contributed by atoms with Crippen molar-refractivity contribution in [2.24, 2.45) is 39.9 Å². The smallest absolute Gasteiger partial charge is 0.335 e. The van der Waals surface area contributed by atoms with Gasteiger partial charge >= 0.3 is 17.9 Å². The first kappa shape index (κ1) is 29.1. The van der Waals surface area contributed by atoms with Gasteiger partial charge in [0.25, 0.3) is 0 Å².